The number of carboxylic acid groups (broad SMARTS) is 1. The summed E-state index contributed by atoms with van der Waals surface area (Å²) in [6.07, 6.45) is 0.245. The predicted molar refractivity (Wildman–Crippen MR) is 91.3 cm³/mol. The van der Waals surface area contributed by atoms with Crippen molar-refractivity contribution in [2.24, 2.45) is 0 Å². The molecule has 0 saturated heterocycles. The van der Waals surface area contributed by atoms with Gasteiger partial charge in [0, 0.05) is 17.7 Å². The Balaban J connectivity index is 2.01. The molecule has 24 heavy (non-hydrogen) atoms. The van der Waals surface area contributed by atoms with E-state index in [0.717, 1.165) is 27.9 Å². The Labute approximate surface area is 140 Å². The number of nitrogens with one attached hydrogen (secondary N) is 1. The van der Waals surface area contributed by atoms with E-state index in [4.69, 9.17) is 9.84 Å². The summed E-state index contributed by atoms with van der Waals surface area (Å²) in [5.41, 5.74) is 4.77. The Morgan fingerprint density at radius 1 is 1.21 bits per heavy atom. The highest BCUT2D eigenvalue weighted by Crippen LogP contribution is 2.35. The summed E-state index contributed by atoms with van der Waals surface area (Å²) < 4.78 is 5.61. The van der Waals surface area contributed by atoms with Crippen LogP contribution in [0.4, 0.5) is 5.69 Å². The third-order valence-corrected chi connectivity index (χ3v) is 4.10. The first kappa shape index (κ1) is 16.1. The number of hydrogen-bond acceptors (Lipinski definition) is 3. The Bertz CT molecular complexity index is 813. The smallest absolute Gasteiger partial charge is 0.344 e. The van der Waals surface area contributed by atoms with Crippen LogP contribution in [0.2, 0.25) is 0 Å². The van der Waals surface area contributed by atoms with E-state index in [9.17, 15) is 9.59 Å². The van der Waals surface area contributed by atoms with Gasteiger partial charge < -0.3 is 15.2 Å². The molecule has 5 heteroatoms. The van der Waals surface area contributed by atoms with Crippen LogP contribution in [0.25, 0.3) is 11.1 Å². The van der Waals surface area contributed by atoms with Gasteiger partial charge in [0.25, 0.3) is 0 Å². The van der Waals surface area contributed by atoms with Crippen LogP contribution in [0.15, 0.2) is 36.4 Å². The molecule has 0 saturated carbocycles. The molecule has 1 unspecified atom stereocenters. The summed E-state index contributed by atoms with van der Waals surface area (Å²) in [7, 11) is 0. The molecule has 1 aliphatic rings. The molecular weight excluding hydrogens is 306 g/mol. The highest BCUT2D eigenvalue weighted by molar-refractivity contribution is 5.94. The number of fused-ring (bicyclic) bond motifs is 1. The second-order valence-corrected chi connectivity index (χ2v) is 6.02. The Kier molecular flexibility index (Phi) is 4.25. The first-order valence-corrected chi connectivity index (χ1v) is 7.87. The van der Waals surface area contributed by atoms with Crippen molar-refractivity contribution in [3.05, 3.63) is 47.5 Å². The lowest BCUT2D eigenvalue weighted by molar-refractivity contribution is -0.144. The zero-order valence-corrected chi connectivity index (χ0v) is 13.6. The van der Waals surface area contributed by atoms with E-state index in [2.05, 4.69) is 5.32 Å². The number of aryl methyl sites for hydroxylation is 2. The minimum atomic E-state index is -1.00. The minimum absolute atomic E-state index is 0.0325. The van der Waals surface area contributed by atoms with Gasteiger partial charge in [-0.3, -0.25) is 4.79 Å². The fourth-order valence-corrected chi connectivity index (χ4v) is 2.76. The van der Waals surface area contributed by atoms with Crippen LogP contribution in [-0.4, -0.2) is 23.1 Å². The lowest BCUT2D eigenvalue weighted by Gasteiger charge is -2.19. The number of rotatable bonds is 4. The van der Waals surface area contributed by atoms with Gasteiger partial charge in [-0.25, -0.2) is 4.79 Å². The van der Waals surface area contributed by atoms with Crippen LogP contribution in [0, 0.1) is 6.92 Å². The molecule has 124 valence electrons. The highest BCUT2D eigenvalue weighted by Gasteiger charge is 2.18. The normalized spacial score (nSPS) is 14.5. The van der Waals surface area contributed by atoms with Gasteiger partial charge in [0.2, 0.25) is 5.91 Å². The number of benzene rings is 2. The molecule has 3 rings (SSSR count). The number of hydrogen-bond donors (Lipinski definition) is 2. The van der Waals surface area contributed by atoms with Crippen molar-refractivity contribution >= 4 is 17.6 Å². The van der Waals surface area contributed by atoms with Gasteiger partial charge >= 0.3 is 5.97 Å². The number of anilines is 1. The summed E-state index contributed by atoms with van der Waals surface area (Å²) in [5, 5.41) is 11.9. The van der Waals surface area contributed by atoms with Crippen LogP contribution in [0.3, 0.4) is 0 Å². The average Bonchev–Trinajstić information content (AvgIpc) is 2.55. The second-order valence-electron chi connectivity index (χ2n) is 6.02. The summed E-state index contributed by atoms with van der Waals surface area (Å²) in [5.74, 6) is -0.435. The van der Waals surface area contributed by atoms with Crippen molar-refractivity contribution in [3.63, 3.8) is 0 Å². The van der Waals surface area contributed by atoms with Gasteiger partial charge in [0.15, 0.2) is 6.10 Å². The van der Waals surface area contributed by atoms with Crippen molar-refractivity contribution in [1.82, 2.24) is 0 Å². The van der Waals surface area contributed by atoms with Crippen LogP contribution in [-0.2, 0) is 16.0 Å². The zero-order chi connectivity index (χ0) is 17.3. The topological polar surface area (TPSA) is 75.6 Å². The van der Waals surface area contributed by atoms with Crippen LogP contribution in [0.1, 0.15) is 24.5 Å². The molecule has 5 nitrogen and oxygen atoms in total. The molecule has 1 aliphatic heterocycles. The van der Waals surface area contributed by atoms with Crippen LogP contribution < -0.4 is 10.1 Å². The zero-order valence-electron chi connectivity index (χ0n) is 13.6. The molecule has 0 aliphatic carbocycles. The summed E-state index contributed by atoms with van der Waals surface area (Å²) in [6, 6.07) is 11.5. The number of amides is 1. The summed E-state index contributed by atoms with van der Waals surface area (Å²) in [6.45, 7) is 3.49. The quantitative estimate of drug-likeness (QED) is 0.903. The van der Waals surface area contributed by atoms with Gasteiger partial charge in [-0.1, -0.05) is 17.7 Å². The van der Waals surface area contributed by atoms with Crippen molar-refractivity contribution < 1.29 is 19.4 Å². The highest BCUT2D eigenvalue weighted by atomic mass is 16.5. The van der Waals surface area contributed by atoms with Crippen molar-refractivity contribution in [2.45, 2.75) is 32.8 Å². The Hall–Kier alpha value is -2.82. The largest absolute Gasteiger partial charge is 0.479 e. The van der Waals surface area contributed by atoms with E-state index in [1.807, 2.05) is 37.3 Å². The van der Waals surface area contributed by atoms with Gasteiger partial charge in [0.1, 0.15) is 5.75 Å². The number of carbonyl (C=O) groups is 2. The number of carboxylic acids is 1. The fourth-order valence-electron chi connectivity index (χ4n) is 2.76. The Morgan fingerprint density at radius 3 is 2.75 bits per heavy atom. The average molecular weight is 325 g/mol. The van der Waals surface area contributed by atoms with Gasteiger partial charge in [-0.2, -0.15) is 0 Å². The second kappa shape index (κ2) is 6.35. The molecule has 2 aromatic rings. The van der Waals surface area contributed by atoms with Gasteiger partial charge in [0.05, 0.1) is 0 Å². The molecular formula is C19H19NO4. The maximum atomic E-state index is 11.5. The summed E-state index contributed by atoms with van der Waals surface area (Å²) in [4.78, 5) is 22.6. The van der Waals surface area contributed by atoms with E-state index in [-0.39, 0.29) is 5.91 Å². The number of ether oxygens (including phenoxy) is 1. The molecule has 0 spiro atoms. The molecule has 1 heterocycles. The molecule has 0 bridgehead atoms. The van der Waals surface area contributed by atoms with Crippen molar-refractivity contribution in [1.29, 1.82) is 0 Å². The first-order valence-electron chi connectivity index (χ1n) is 7.87. The minimum Gasteiger partial charge on any atom is -0.479 e. The number of aliphatic carboxylic acids is 1. The fraction of sp³-hybridized carbons (Fsp3) is 0.263. The first-order chi connectivity index (χ1) is 11.4. The number of carbonyl (C=O) groups excluding carboxylic acids is 1. The predicted octanol–water partition coefficient (Wildman–Crippen LogP) is 3.40. The van der Waals surface area contributed by atoms with Crippen molar-refractivity contribution in [3.8, 4) is 16.9 Å². The lowest BCUT2D eigenvalue weighted by Crippen LogP contribution is -2.23. The SMILES string of the molecule is Cc1ccc(OC(C)C(=O)O)c(-c2ccc3c(c2)CCC(=O)N3)c1. The van der Waals surface area contributed by atoms with Crippen LogP contribution in [0.5, 0.6) is 5.75 Å². The van der Waals surface area contributed by atoms with Gasteiger partial charge in [-0.05, 0) is 55.7 Å². The van der Waals surface area contributed by atoms with Crippen molar-refractivity contribution in [2.75, 3.05) is 5.32 Å². The molecule has 2 aromatic carbocycles. The van der Waals surface area contributed by atoms with E-state index in [1.54, 1.807) is 6.07 Å². The van der Waals surface area contributed by atoms with Crippen LogP contribution >= 0.6 is 0 Å². The monoisotopic (exact) mass is 325 g/mol. The third kappa shape index (κ3) is 3.25. The molecule has 0 radical (unpaired) electrons. The summed E-state index contributed by atoms with van der Waals surface area (Å²) >= 11 is 0. The van der Waals surface area contributed by atoms with Gasteiger partial charge in [-0.15, -0.1) is 0 Å². The molecule has 0 aromatic heterocycles. The standard InChI is InChI=1S/C19H19NO4/c1-11-3-7-17(24-12(2)19(22)23)15(9-11)13-4-6-16-14(10-13)5-8-18(21)20-16/h3-4,6-7,9-10,12H,5,8H2,1-2H3,(H,20,21)(H,22,23). The third-order valence-electron chi connectivity index (χ3n) is 4.10. The van der Waals surface area contributed by atoms with E-state index < -0.39 is 12.1 Å². The van der Waals surface area contributed by atoms with E-state index in [0.29, 0.717) is 18.6 Å². The lowest BCUT2D eigenvalue weighted by atomic mass is 9.95. The molecule has 1 amide bonds. The molecule has 2 N–H and O–H groups in total. The van der Waals surface area contributed by atoms with E-state index in [1.165, 1.54) is 6.92 Å². The molecule has 0 fully saturated rings. The molecule has 1 atom stereocenters. The maximum absolute atomic E-state index is 11.5. The maximum Gasteiger partial charge on any atom is 0.344 e. The van der Waals surface area contributed by atoms with E-state index >= 15 is 0 Å². The Morgan fingerprint density at radius 2 is 2.00 bits per heavy atom.